The van der Waals surface area contributed by atoms with E-state index in [1.165, 1.54) is 0 Å². The molecule has 0 spiro atoms. The molecular formula is C15H20N2O4. The molecule has 1 fully saturated rings. The van der Waals surface area contributed by atoms with Crippen LogP contribution in [0.4, 0.5) is 5.69 Å². The number of carboxylic acids is 1. The molecule has 0 radical (unpaired) electrons. The Morgan fingerprint density at radius 3 is 2.76 bits per heavy atom. The Balaban J connectivity index is 1.70. The standard InChI is InChI=1S/C15H20N2O4/c1-21-13-5-3-2-4-12(13)16-14(18)6-7-17-9-11(10-17)8-15(19)20/h2-5,11H,6-10H2,1H3,(H,16,18)(H,19,20). The van der Waals surface area contributed by atoms with Crippen molar-refractivity contribution < 1.29 is 19.4 Å². The number of nitrogens with one attached hydrogen (secondary N) is 1. The zero-order valence-corrected chi connectivity index (χ0v) is 12.0. The minimum absolute atomic E-state index is 0.0683. The summed E-state index contributed by atoms with van der Waals surface area (Å²) in [4.78, 5) is 24.5. The van der Waals surface area contributed by atoms with E-state index in [0.717, 1.165) is 13.1 Å². The fourth-order valence-corrected chi connectivity index (χ4v) is 2.46. The van der Waals surface area contributed by atoms with Gasteiger partial charge in [0.15, 0.2) is 0 Å². The fraction of sp³-hybridized carbons (Fsp3) is 0.467. The van der Waals surface area contributed by atoms with Crippen LogP contribution in [0, 0.1) is 5.92 Å². The van der Waals surface area contributed by atoms with Crippen LogP contribution >= 0.6 is 0 Å². The van der Waals surface area contributed by atoms with E-state index in [1.807, 2.05) is 12.1 Å². The molecule has 21 heavy (non-hydrogen) atoms. The molecule has 6 nitrogen and oxygen atoms in total. The van der Waals surface area contributed by atoms with Crippen LogP contribution in [-0.4, -0.2) is 48.6 Å². The van der Waals surface area contributed by atoms with Gasteiger partial charge in [-0.25, -0.2) is 0 Å². The van der Waals surface area contributed by atoms with Crippen LogP contribution in [0.15, 0.2) is 24.3 Å². The number of likely N-dealkylation sites (tertiary alicyclic amines) is 1. The highest BCUT2D eigenvalue weighted by molar-refractivity contribution is 5.92. The van der Waals surface area contributed by atoms with E-state index >= 15 is 0 Å². The quantitative estimate of drug-likeness (QED) is 0.795. The second-order valence-corrected chi connectivity index (χ2v) is 5.22. The lowest BCUT2D eigenvalue weighted by Crippen LogP contribution is -2.48. The summed E-state index contributed by atoms with van der Waals surface area (Å²) in [7, 11) is 1.56. The summed E-state index contributed by atoms with van der Waals surface area (Å²) in [5.41, 5.74) is 0.664. The van der Waals surface area contributed by atoms with Gasteiger partial charge in [0, 0.05) is 26.1 Å². The van der Waals surface area contributed by atoms with Gasteiger partial charge in [0.1, 0.15) is 5.75 Å². The number of hydrogen-bond acceptors (Lipinski definition) is 4. The van der Waals surface area contributed by atoms with E-state index in [2.05, 4.69) is 10.2 Å². The number of rotatable bonds is 7. The zero-order valence-electron chi connectivity index (χ0n) is 12.0. The number of anilines is 1. The maximum atomic E-state index is 11.9. The molecular weight excluding hydrogens is 272 g/mol. The van der Waals surface area contributed by atoms with E-state index < -0.39 is 5.97 Å². The summed E-state index contributed by atoms with van der Waals surface area (Å²) in [6.07, 6.45) is 0.599. The van der Waals surface area contributed by atoms with Gasteiger partial charge in [-0.05, 0) is 18.1 Å². The van der Waals surface area contributed by atoms with E-state index in [-0.39, 0.29) is 18.2 Å². The molecule has 0 bridgehead atoms. The van der Waals surface area contributed by atoms with Crippen molar-refractivity contribution >= 4 is 17.6 Å². The normalized spacial score (nSPS) is 15.3. The molecule has 1 heterocycles. The second-order valence-electron chi connectivity index (χ2n) is 5.22. The summed E-state index contributed by atoms with van der Waals surface area (Å²) in [5.74, 6) is 0.0332. The first-order valence-electron chi connectivity index (χ1n) is 6.95. The van der Waals surface area contributed by atoms with Crippen molar-refractivity contribution in [1.29, 1.82) is 0 Å². The number of methoxy groups -OCH3 is 1. The molecule has 1 aromatic carbocycles. The van der Waals surface area contributed by atoms with Crippen LogP contribution < -0.4 is 10.1 Å². The molecule has 0 aliphatic carbocycles. The van der Waals surface area contributed by atoms with Gasteiger partial charge >= 0.3 is 5.97 Å². The van der Waals surface area contributed by atoms with Crippen LogP contribution in [0.5, 0.6) is 5.75 Å². The Morgan fingerprint density at radius 1 is 1.38 bits per heavy atom. The highest BCUT2D eigenvalue weighted by Gasteiger charge is 2.28. The van der Waals surface area contributed by atoms with Gasteiger partial charge in [0.05, 0.1) is 19.2 Å². The molecule has 0 saturated carbocycles. The van der Waals surface area contributed by atoms with Gasteiger partial charge in [-0.3, -0.25) is 9.59 Å². The van der Waals surface area contributed by atoms with Gasteiger partial charge in [0.25, 0.3) is 0 Å². The number of ether oxygens (including phenoxy) is 1. The van der Waals surface area contributed by atoms with E-state index in [0.29, 0.717) is 24.4 Å². The van der Waals surface area contributed by atoms with Crippen molar-refractivity contribution in [3.63, 3.8) is 0 Å². The summed E-state index contributed by atoms with van der Waals surface area (Å²) in [6, 6.07) is 7.27. The Morgan fingerprint density at radius 2 is 2.10 bits per heavy atom. The minimum Gasteiger partial charge on any atom is -0.495 e. The zero-order chi connectivity index (χ0) is 15.2. The molecule has 1 amide bonds. The van der Waals surface area contributed by atoms with Crippen LogP contribution in [0.25, 0.3) is 0 Å². The van der Waals surface area contributed by atoms with Gasteiger partial charge < -0.3 is 20.1 Å². The Hall–Kier alpha value is -2.08. The van der Waals surface area contributed by atoms with E-state index in [4.69, 9.17) is 9.84 Å². The fourth-order valence-electron chi connectivity index (χ4n) is 2.46. The number of nitrogens with zero attached hydrogens (tertiary/aromatic N) is 1. The average Bonchev–Trinajstić information content (AvgIpc) is 2.41. The van der Waals surface area contributed by atoms with Crippen LogP contribution in [-0.2, 0) is 9.59 Å². The van der Waals surface area contributed by atoms with Crippen LogP contribution in [0.1, 0.15) is 12.8 Å². The maximum absolute atomic E-state index is 11.9. The molecule has 0 unspecified atom stereocenters. The number of para-hydroxylation sites is 2. The Bertz CT molecular complexity index is 512. The largest absolute Gasteiger partial charge is 0.495 e. The lowest BCUT2D eigenvalue weighted by atomic mass is 9.96. The molecule has 0 atom stereocenters. The van der Waals surface area contributed by atoms with Crippen molar-refractivity contribution in [2.75, 3.05) is 32.1 Å². The van der Waals surface area contributed by atoms with Gasteiger partial charge in [-0.15, -0.1) is 0 Å². The van der Waals surface area contributed by atoms with Crippen molar-refractivity contribution in [1.82, 2.24) is 4.90 Å². The lowest BCUT2D eigenvalue weighted by Gasteiger charge is -2.38. The SMILES string of the molecule is COc1ccccc1NC(=O)CCN1CC(CC(=O)O)C1. The third-order valence-corrected chi connectivity index (χ3v) is 3.53. The number of benzene rings is 1. The first-order valence-corrected chi connectivity index (χ1v) is 6.95. The number of carbonyl (C=O) groups excluding carboxylic acids is 1. The van der Waals surface area contributed by atoms with Crippen LogP contribution in [0.3, 0.4) is 0 Å². The monoisotopic (exact) mass is 292 g/mol. The molecule has 1 aliphatic heterocycles. The summed E-state index contributed by atoms with van der Waals surface area (Å²) < 4.78 is 5.17. The van der Waals surface area contributed by atoms with E-state index in [1.54, 1.807) is 19.2 Å². The first-order chi connectivity index (χ1) is 10.1. The molecule has 2 rings (SSSR count). The highest BCUT2D eigenvalue weighted by Crippen LogP contribution is 2.23. The molecule has 1 aliphatic rings. The maximum Gasteiger partial charge on any atom is 0.303 e. The minimum atomic E-state index is -0.756. The van der Waals surface area contributed by atoms with Crippen molar-refractivity contribution in [3.05, 3.63) is 24.3 Å². The number of amides is 1. The van der Waals surface area contributed by atoms with Gasteiger partial charge in [0.2, 0.25) is 5.91 Å². The lowest BCUT2D eigenvalue weighted by molar-refractivity contribution is -0.139. The first kappa shape index (κ1) is 15.3. The summed E-state index contributed by atoms with van der Waals surface area (Å²) in [6.45, 7) is 2.17. The second kappa shape index (κ2) is 7.08. The summed E-state index contributed by atoms with van der Waals surface area (Å²) >= 11 is 0. The molecule has 2 N–H and O–H groups in total. The third-order valence-electron chi connectivity index (χ3n) is 3.53. The highest BCUT2D eigenvalue weighted by atomic mass is 16.5. The van der Waals surface area contributed by atoms with Crippen molar-refractivity contribution in [3.8, 4) is 5.75 Å². The Labute approximate surface area is 123 Å². The Kier molecular flexibility index (Phi) is 5.16. The van der Waals surface area contributed by atoms with Gasteiger partial charge in [-0.1, -0.05) is 12.1 Å². The average molecular weight is 292 g/mol. The number of aliphatic carboxylic acids is 1. The molecule has 6 heteroatoms. The molecule has 114 valence electrons. The topological polar surface area (TPSA) is 78.9 Å². The smallest absolute Gasteiger partial charge is 0.303 e. The predicted octanol–water partition coefficient (Wildman–Crippen LogP) is 1.43. The van der Waals surface area contributed by atoms with Crippen molar-refractivity contribution in [2.45, 2.75) is 12.8 Å². The van der Waals surface area contributed by atoms with Gasteiger partial charge in [-0.2, -0.15) is 0 Å². The molecule has 1 aromatic rings. The summed E-state index contributed by atoms with van der Waals surface area (Å²) in [5, 5.41) is 11.5. The molecule has 0 aromatic heterocycles. The number of carboxylic acid groups (broad SMARTS) is 1. The number of carbonyl (C=O) groups is 2. The van der Waals surface area contributed by atoms with Crippen molar-refractivity contribution in [2.24, 2.45) is 5.92 Å². The molecule has 1 saturated heterocycles. The number of hydrogen-bond donors (Lipinski definition) is 2. The van der Waals surface area contributed by atoms with Crippen LogP contribution in [0.2, 0.25) is 0 Å². The third kappa shape index (κ3) is 4.46. The van der Waals surface area contributed by atoms with E-state index in [9.17, 15) is 9.59 Å². The predicted molar refractivity (Wildman–Crippen MR) is 78.4 cm³/mol.